The summed E-state index contributed by atoms with van der Waals surface area (Å²) in [5.74, 6) is 0.913. The van der Waals surface area contributed by atoms with Gasteiger partial charge < -0.3 is 9.14 Å². The maximum Gasteiger partial charge on any atom is 0.137 e. The zero-order chi connectivity index (χ0) is 18.1. The van der Waals surface area contributed by atoms with Crippen molar-refractivity contribution < 1.29 is 4.74 Å². The Hall–Kier alpha value is -3.07. The van der Waals surface area contributed by atoms with Gasteiger partial charge in [0.05, 0.1) is 5.69 Å². The molecule has 130 valence electrons. The molecule has 2 heterocycles. The third-order valence-corrected chi connectivity index (χ3v) is 4.73. The fourth-order valence-electron chi connectivity index (χ4n) is 3.20. The lowest BCUT2D eigenvalue weighted by atomic mass is 10.1. The Balaban J connectivity index is 1.59. The molecule has 0 aliphatic rings. The molecule has 2 aromatic carbocycles. The smallest absolute Gasteiger partial charge is 0.137 e. The average molecular weight is 342 g/mol. The van der Waals surface area contributed by atoms with Crippen LogP contribution in [0.4, 0.5) is 0 Å². The third-order valence-electron chi connectivity index (χ3n) is 4.73. The van der Waals surface area contributed by atoms with Crippen molar-refractivity contribution in [2.45, 2.75) is 27.4 Å². The van der Waals surface area contributed by atoms with Crippen molar-refractivity contribution in [3.63, 3.8) is 0 Å². The van der Waals surface area contributed by atoms with Crippen LogP contribution in [0, 0.1) is 20.8 Å². The SMILES string of the molecule is Cc1ccc(COc2ccc(-c3nc4ccccn4c3C)cc2C)cc1. The van der Waals surface area contributed by atoms with Crippen molar-refractivity contribution in [1.29, 1.82) is 0 Å². The maximum absolute atomic E-state index is 6.02. The predicted molar refractivity (Wildman–Crippen MR) is 106 cm³/mol. The van der Waals surface area contributed by atoms with Gasteiger partial charge in [-0.3, -0.25) is 0 Å². The Morgan fingerprint density at radius 1 is 0.923 bits per heavy atom. The van der Waals surface area contributed by atoms with Crippen molar-refractivity contribution in [2.75, 3.05) is 0 Å². The van der Waals surface area contributed by atoms with E-state index in [4.69, 9.17) is 9.72 Å². The summed E-state index contributed by atoms with van der Waals surface area (Å²) < 4.78 is 8.13. The Labute approximate surface area is 153 Å². The largest absolute Gasteiger partial charge is 0.489 e. The number of rotatable bonds is 4. The van der Waals surface area contributed by atoms with Gasteiger partial charge in [-0.15, -0.1) is 0 Å². The van der Waals surface area contributed by atoms with Crippen LogP contribution in [0.15, 0.2) is 66.9 Å². The van der Waals surface area contributed by atoms with Crippen molar-refractivity contribution in [2.24, 2.45) is 0 Å². The number of benzene rings is 2. The van der Waals surface area contributed by atoms with Crippen molar-refractivity contribution in [3.8, 4) is 17.0 Å². The van der Waals surface area contributed by atoms with Gasteiger partial charge in [0.25, 0.3) is 0 Å². The lowest BCUT2D eigenvalue weighted by Gasteiger charge is -2.11. The van der Waals surface area contributed by atoms with E-state index in [0.717, 1.165) is 33.9 Å². The standard InChI is InChI=1S/C23H22N2O/c1-16-7-9-19(10-8-16)15-26-21-12-11-20(14-17(21)2)23-18(3)25-13-5-4-6-22(25)24-23/h4-14H,15H2,1-3H3. The Kier molecular flexibility index (Phi) is 4.21. The first-order valence-electron chi connectivity index (χ1n) is 8.85. The zero-order valence-corrected chi connectivity index (χ0v) is 15.4. The second-order valence-corrected chi connectivity index (χ2v) is 6.73. The number of hydrogen-bond acceptors (Lipinski definition) is 2. The van der Waals surface area contributed by atoms with E-state index in [1.165, 1.54) is 11.1 Å². The Morgan fingerprint density at radius 2 is 1.73 bits per heavy atom. The van der Waals surface area contributed by atoms with Crippen molar-refractivity contribution in [3.05, 3.63) is 89.2 Å². The number of aromatic nitrogens is 2. The topological polar surface area (TPSA) is 26.5 Å². The fourth-order valence-corrected chi connectivity index (χ4v) is 3.20. The highest BCUT2D eigenvalue weighted by Crippen LogP contribution is 2.29. The minimum absolute atomic E-state index is 0.577. The lowest BCUT2D eigenvalue weighted by Crippen LogP contribution is -1.97. The molecule has 0 amide bonds. The van der Waals surface area contributed by atoms with Crippen LogP contribution in [-0.4, -0.2) is 9.38 Å². The van der Waals surface area contributed by atoms with Gasteiger partial charge in [0, 0.05) is 17.5 Å². The van der Waals surface area contributed by atoms with E-state index < -0.39 is 0 Å². The van der Waals surface area contributed by atoms with Crippen molar-refractivity contribution >= 4 is 5.65 Å². The number of ether oxygens (including phenoxy) is 1. The summed E-state index contributed by atoms with van der Waals surface area (Å²) in [7, 11) is 0. The first-order valence-corrected chi connectivity index (χ1v) is 8.85. The molecule has 0 aliphatic heterocycles. The van der Waals surface area contributed by atoms with Gasteiger partial charge in [-0.05, 0) is 62.2 Å². The van der Waals surface area contributed by atoms with Gasteiger partial charge in [0.2, 0.25) is 0 Å². The molecule has 0 fully saturated rings. The van der Waals surface area contributed by atoms with Gasteiger partial charge in [0.1, 0.15) is 18.0 Å². The van der Waals surface area contributed by atoms with E-state index in [1.54, 1.807) is 0 Å². The minimum atomic E-state index is 0.577. The molecule has 3 nitrogen and oxygen atoms in total. The number of imidazole rings is 1. The van der Waals surface area contributed by atoms with Crippen LogP contribution in [0.5, 0.6) is 5.75 Å². The van der Waals surface area contributed by atoms with Crippen LogP contribution in [0.25, 0.3) is 16.9 Å². The molecule has 26 heavy (non-hydrogen) atoms. The van der Waals surface area contributed by atoms with Crippen LogP contribution < -0.4 is 4.74 Å². The van der Waals surface area contributed by atoms with Crippen LogP contribution in [0.3, 0.4) is 0 Å². The highest BCUT2D eigenvalue weighted by atomic mass is 16.5. The normalized spacial score (nSPS) is 11.0. The molecule has 3 heteroatoms. The van der Waals surface area contributed by atoms with E-state index in [1.807, 2.05) is 30.5 Å². The van der Waals surface area contributed by atoms with Gasteiger partial charge in [-0.2, -0.15) is 0 Å². The number of pyridine rings is 1. The summed E-state index contributed by atoms with van der Waals surface area (Å²) >= 11 is 0. The summed E-state index contributed by atoms with van der Waals surface area (Å²) in [5, 5.41) is 0. The third kappa shape index (κ3) is 3.08. The molecule has 0 unspecified atom stereocenters. The molecular formula is C23H22N2O. The Bertz CT molecular complexity index is 1060. The quantitative estimate of drug-likeness (QED) is 0.489. The number of nitrogens with zero attached hydrogens (tertiary/aromatic N) is 2. The van der Waals surface area contributed by atoms with E-state index >= 15 is 0 Å². The van der Waals surface area contributed by atoms with Crippen LogP contribution in [0.2, 0.25) is 0 Å². The van der Waals surface area contributed by atoms with E-state index in [0.29, 0.717) is 6.61 Å². The van der Waals surface area contributed by atoms with Crippen LogP contribution in [0.1, 0.15) is 22.4 Å². The highest BCUT2D eigenvalue weighted by Gasteiger charge is 2.11. The number of hydrogen-bond donors (Lipinski definition) is 0. The molecule has 0 aliphatic carbocycles. The molecule has 4 aromatic rings. The first kappa shape index (κ1) is 16.4. The molecule has 0 N–H and O–H groups in total. The summed E-state index contributed by atoms with van der Waals surface area (Å²) in [5.41, 5.74) is 7.81. The Morgan fingerprint density at radius 3 is 2.46 bits per heavy atom. The zero-order valence-electron chi connectivity index (χ0n) is 15.4. The van der Waals surface area contributed by atoms with Crippen LogP contribution in [-0.2, 0) is 6.61 Å². The second-order valence-electron chi connectivity index (χ2n) is 6.73. The lowest BCUT2D eigenvalue weighted by molar-refractivity contribution is 0.304. The average Bonchev–Trinajstić information content (AvgIpc) is 2.99. The monoisotopic (exact) mass is 342 g/mol. The van der Waals surface area contributed by atoms with E-state index in [-0.39, 0.29) is 0 Å². The molecule has 0 spiro atoms. The van der Waals surface area contributed by atoms with Crippen molar-refractivity contribution in [1.82, 2.24) is 9.38 Å². The number of aryl methyl sites for hydroxylation is 3. The molecule has 0 saturated heterocycles. The summed E-state index contributed by atoms with van der Waals surface area (Å²) in [4.78, 5) is 4.78. The maximum atomic E-state index is 6.02. The molecule has 4 rings (SSSR count). The first-order chi connectivity index (χ1) is 12.6. The van der Waals surface area contributed by atoms with E-state index in [9.17, 15) is 0 Å². The molecule has 0 radical (unpaired) electrons. The molecule has 2 aromatic heterocycles. The van der Waals surface area contributed by atoms with Gasteiger partial charge in [-0.25, -0.2) is 4.98 Å². The van der Waals surface area contributed by atoms with Gasteiger partial charge in [-0.1, -0.05) is 35.9 Å². The number of fused-ring (bicyclic) bond motifs is 1. The summed E-state index contributed by atoms with van der Waals surface area (Å²) in [6.07, 6.45) is 2.05. The second kappa shape index (κ2) is 6.68. The van der Waals surface area contributed by atoms with Crippen LogP contribution >= 0.6 is 0 Å². The fraction of sp³-hybridized carbons (Fsp3) is 0.174. The van der Waals surface area contributed by atoms with E-state index in [2.05, 4.69) is 61.6 Å². The van der Waals surface area contributed by atoms with Gasteiger partial charge >= 0.3 is 0 Å². The molecular weight excluding hydrogens is 320 g/mol. The molecule has 0 saturated carbocycles. The molecule has 0 atom stereocenters. The summed E-state index contributed by atoms with van der Waals surface area (Å²) in [6, 6.07) is 20.8. The summed E-state index contributed by atoms with van der Waals surface area (Å²) in [6.45, 7) is 6.86. The molecule has 0 bridgehead atoms. The predicted octanol–water partition coefficient (Wildman–Crippen LogP) is 5.51. The highest BCUT2D eigenvalue weighted by molar-refractivity contribution is 5.68. The van der Waals surface area contributed by atoms with Gasteiger partial charge in [0.15, 0.2) is 0 Å². The minimum Gasteiger partial charge on any atom is -0.489 e.